The average molecular weight is 401 g/mol. The molecule has 148 valence electrons. The largest absolute Gasteiger partial charge is 0.256 e. The van der Waals surface area contributed by atoms with Crippen LogP contribution in [0.4, 0.5) is 0 Å². The Balaban J connectivity index is 1.43. The smallest absolute Gasteiger partial charge is 0.0708 e. The van der Waals surface area contributed by atoms with Crippen LogP contribution in [0.15, 0.2) is 121 Å². The molecular weight excluding hydrogens is 374 g/mol. The van der Waals surface area contributed by atoms with Crippen LogP contribution in [0.25, 0.3) is 44.6 Å². The van der Waals surface area contributed by atoms with Crippen molar-refractivity contribution in [2.24, 2.45) is 0 Å². The molecule has 0 unspecified atom stereocenters. The molecule has 0 radical (unpaired) electrons. The monoisotopic (exact) mass is 400 g/mol. The third-order valence-electron chi connectivity index (χ3n) is 5.46. The summed E-state index contributed by atoms with van der Waals surface area (Å²) in [5.41, 5.74) is 8.89. The molecule has 1 nitrogen and oxygen atoms in total. The van der Waals surface area contributed by atoms with E-state index in [0.717, 1.165) is 33.5 Å². The molecule has 0 amide bonds. The van der Waals surface area contributed by atoms with Crippen LogP contribution in [0.2, 0.25) is 0 Å². The SMILES string of the molecule is [2H]C([2H])([2H])c1ccc(-c2cccc(-c3cc(-c4ccc(-c5ccccc5)cc4)ccn3)c2)cc1. The number of benzene rings is 4. The Morgan fingerprint density at radius 1 is 0.484 bits per heavy atom. The van der Waals surface area contributed by atoms with Gasteiger partial charge in [-0.15, -0.1) is 0 Å². The van der Waals surface area contributed by atoms with Gasteiger partial charge in [0, 0.05) is 15.9 Å². The van der Waals surface area contributed by atoms with Crippen LogP contribution in [-0.4, -0.2) is 4.98 Å². The summed E-state index contributed by atoms with van der Waals surface area (Å²) in [6.45, 7) is -2.09. The first-order valence-corrected chi connectivity index (χ1v) is 10.3. The van der Waals surface area contributed by atoms with E-state index in [0.29, 0.717) is 5.56 Å². The maximum absolute atomic E-state index is 7.57. The fourth-order valence-electron chi connectivity index (χ4n) is 3.77. The van der Waals surface area contributed by atoms with E-state index in [4.69, 9.17) is 4.11 Å². The maximum Gasteiger partial charge on any atom is 0.0708 e. The molecule has 0 saturated carbocycles. The Morgan fingerprint density at radius 3 is 1.74 bits per heavy atom. The average Bonchev–Trinajstić information content (AvgIpc) is 2.89. The molecule has 0 N–H and O–H groups in total. The lowest BCUT2D eigenvalue weighted by Crippen LogP contribution is -1.87. The number of hydrogen-bond donors (Lipinski definition) is 0. The fourth-order valence-corrected chi connectivity index (χ4v) is 3.77. The van der Waals surface area contributed by atoms with Gasteiger partial charge >= 0.3 is 0 Å². The first kappa shape index (κ1) is 15.8. The van der Waals surface area contributed by atoms with Gasteiger partial charge in [0.05, 0.1) is 5.69 Å². The zero-order chi connectivity index (χ0) is 23.5. The van der Waals surface area contributed by atoms with Gasteiger partial charge in [-0.1, -0.05) is 103 Å². The Bertz CT molecular complexity index is 1400. The summed E-state index contributed by atoms with van der Waals surface area (Å²) < 4.78 is 22.7. The summed E-state index contributed by atoms with van der Waals surface area (Å²) in [7, 11) is 0. The van der Waals surface area contributed by atoms with Gasteiger partial charge in [0.15, 0.2) is 0 Å². The van der Waals surface area contributed by atoms with Crippen molar-refractivity contribution in [1.29, 1.82) is 0 Å². The molecule has 1 aromatic heterocycles. The third-order valence-corrected chi connectivity index (χ3v) is 5.46. The van der Waals surface area contributed by atoms with E-state index in [-0.39, 0.29) is 0 Å². The highest BCUT2D eigenvalue weighted by molar-refractivity contribution is 5.76. The lowest BCUT2D eigenvalue weighted by molar-refractivity contribution is 1.33. The van der Waals surface area contributed by atoms with Crippen molar-refractivity contribution in [3.8, 4) is 44.6 Å². The highest BCUT2D eigenvalue weighted by Crippen LogP contribution is 2.29. The van der Waals surface area contributed by atoms with Crippen LogP contribution in [-0.2, 0) is 0 Å². The van der Waals surface area contributed by atoms with Gasteiger partial charge < -0.3 is 0 Å². The summed E-state index contributed by atoms with van der Waals surface area (Å²) in [5.74, 6) is 0. The number of aryl methyl sites for hydroxylation is 1. The number of hydrogen-bond acceptors (Lipinski definition) is 1. The molecule has 0 bridgehead atoms. The van der Waals surface area contributed by atoms with E-state index in [2.05, 4.69) is 53.5 Å². The lowest BCUT2D eigenvalue weighted by atomic mass is 9.98. The maximum atomic E-state index is 7.57. The lowest BCUT2D eigenvalue weighted by Gasteiger charge is -2.09. The predicted molar refractivity (Wildman–Crippen MR) is 131 cm³/mol. The van der Waals surface area contributed by atoms with Crippen LogP contribution in [0.3, 0.4) is 0 Å². The number of nitrogens with zero attached hydrogens (tertiary/aromatic N) is 1. The predicted octanol–water partition coefficient (Wildman–Crippen LogP) is 8.06. The second-order valence-corrected chi connectivity index (χ2v) is 7.53. The van der Waals surface area contributed by atoms with Crippen LogP contribution >= 0.6 is 0 Å². The van der Waals surface area contributed by atoms with Gasteiger partial charge in [-0.3, -0.25) is 4.98 Å². The van der Waals surface area contributed by atoms with Crippen LogP contribution < -0.4 is 0 Å². The molecule has 0 fully saturated rings. The minimum Gasteiger partial charge on any atom is -0.256 e. The van der Waals surface area contributed by atoms with Gasteiger partial charge in [-0.25, -0.2) is 0 Å². The van der Waals surface area contributed by atoms with Crippen molar-refractivity contribution in [1.82, 2.24) is 4.98 Å². The first-order valence-electron chi connectivity index (χ1n) is 11.8. The molecule has 0 spiro atoms. The molecule has 1 heterocycles. The standard InChI is InChI=1S/C30H23N/c1-22-10-12-25(13-11-22)27-8-5-9-29(20-27)30-21-28(18-19-31-30)26-16-14-24(15-17-26)23-6-3-2-4-7-23/h2-21H,1H3/i1D3. The van der Waals surface area contributed by atoms with Gasteiger partial charge in [0.1, 0.15) is 0 Å². The van der Waals surface area contributed by atoms with Crippen LogP contribution in [0.5, 0.6) is 0 Å². The van der Waals surface area contributed by atoms with Crippen molar-refractivity contribution in [3.05, 3.63) is 127 Å². The van der Waals surface area contributed by atoms with Gasteiger partial charge in [0.2, 0.25) is 0 Å². The quantitative estimate of drug-likeness (QED) is 0.297. The molecular formula is C30H23N. The van der Waals surface area contributed by atoms with E-state index in [9.17, 15) is 0 Å². The van der Waals surface area contributed by atoms with E-state index in [1.54, 1.807) is 12.1 Å². The Morgan fingerprint density at radius 2 is 1.03 bits per heavy atom. The Kier molecular flexibility index (Phi) is 4.29. The molecule has 31 heavy (non-hydrogen) atoms. The van der Waals surface area contributed by atoms with Crippen molar-refractivity contribution < 1.29 is 4.11 Å². The summed E-state index contributed by atoms with van der Waals surface area (Å²) in [6, 6.07) is 38.3. The molecule has 0 aliphatic carbocycles. The topological polar surface area (TPSA) is 12.9 Å². The van der Waals surface area contributed by atoms with Crippen molar-refractivity contribution in [3.63, 3.8) is 0 Å². The zero-order valence-electron chi connectivity index (χ0n) is 20.0. The molecule has 0 atom stereocenters. The summed E-state index contributed by atoms with van der Waals surface area (Å²) in [6.07, 6.45) is 1.84. The zero-order valence-corrected chi connectivity index (χ0v) is 17.0. The van der Waals surface area contributed by atoms with Crippen LogP contribution in [0.1, 0.15) is 9.68 Å². The fraction of sp³-hybridized carbons (Fsp3) is 0.0333. The highest BCUT2D eigenvalue weighted by Gasteiger charge is 2.06. The van der Waals surface area contributed by atoms with E-state index in [1.807, 2.05) is 60.8 Å². The minimum atomic E-state index is -2.09. The normalized spacial score (nSPS) is 12.6. The van der Waals surface area contributed by atoms with Crippen molar-refractivity contribution >= 4 is 0 Å². The van der Waals surface area contributed by atoms with E-state index in [1.165, 1.54) is 11.1 Å². The van der Waals surface area contributed by atoms with Gasteiger partial charge in [-0.2, -0.15) is 0 Å². The van der Waals surface area contributed by atoms with E-state index < -0.39 is 6.85 Å². The Hall–Kier alpha value is -3.97. The summed E-state index contributed by atoms with van der Waals surface area (Å²) in [4.78, 5) is 4.61. The Labute approximate surface area is 187 Å². The van der Waals surface area contributed by atoms with Crippen molar-refractivity contribution in [2.75, 3.05) is 0 Å². The molecule has 0 aliphatic heterocycles. The molecule has 1 heteroatoms. The second kappa shape index (κ2) is 8.41. The second-order valence-electron chi connectivity index (χ2n) is 7.53. The number of pyridine rings is 1. The highest BCUT2D eigenvalue weighted by atomic mass is 14.7. The molecule has 0 aliphatic rings. The summed E-state index contributed by atoms with van der Waals surface area (Å²) >= 11 is 0. The first-order chi connectivity index (χ1) is 16.5. The van der Waals surface area contributed by atoms with Gasteiger partial charge in [0.25, 0.3) is 0 Å². The number of rotatable bonds is 4. The minimum absolute atomic E-state index is 0.347. The third kappa shape index (κ3) is 4.17. The van der Waals surface area contributed by atoms with Gasteiger partial charge in [-0.05, 0) is 58.4 Å². The molecule has 0 saturated heterocycles. The van der Waals surface area contributed by atoms with Crippen molar-refractivity contribution in [2.45, 2.75) is 6.85 Å². The van der Waals surface area contributed by atoms with Crippen LogP contribution in [0, 0.1) is 6.85 Å². The van der Waals surface area contributed by atoms with E-state index >= 15 is 0 Å². The number of aromatic nitrogens is 1. The molecule has 5 rings (SSSR count). The molecule has 4 aromatic carbocycles. The summed E-state index contributed by atoms with van der Waals surface area (Å²) in [5, 5.41) is 0. The molecule has 5 aromatic rings.